The minimum absolute atomic E-state index is 0.454. The highest BCUT2D eigenvalue weighted by Crippen LogP contribution is 2.49. The zero-order chi connectivity index (χ0) is 14.3. The van der Waals surface area contributed by atoms with Gasteiger partial charge in [-0.15, -0.1) is 0 Å². The Hall–Kier alpha value is -1.12. The fourth-order valence-corrected chi connectivity index (χ4v) is 4.17. The molecule has 0 radical (unpaired) electrons. The standard InChI is InChI=1S/C17H27N3/c1-10(2)16-7-11(3)18-17(20-16)19-12(4)15-9-13-5-6-14(15)8-13/h7,10,12-15H,5-6,8-9H2,1-4H3,(H,18,19,20). The van der Waals surface area contributed by atoms with Gasteiger partial charge in [-0.05, 0) is 62.8 Å². The second-order valence-electron chi connectivity index (χ2n) is 7.18. The first-order valence-electron chi connectivity index (χ1n) is 8.15. The summed E-state index contributed by atoms with van der Waals surface area (Å²) in [6, 6.07) is 2.59. The number of nitrogens with zero attached hydrogens (tertiary/aromatic N) is 2. The summed E-state index contributed by atoms with van der Waals surface area (Å²) >= 11 is 0. The molecule has 1 N–H and O–H groups in total. The van der Waals surface area contributed by atoms with Crippen molar-refractivity contribution in [3.8, 4) is 0 Å². The molecule has 4 unspecified atom stereocenters. The van der Waals surface area contributed by atoms with Gasteiger partial charge in [0, 0.05) is 17.4 Å². The molecule has 4 atom stereocenters. The van der Waals surface area contributed by atoms with E-state index in [9.17, 15) is 0 Å². The van der Waals surface area contributed by atoms with Crippen molar-refractivity contribution < 1.29 is 0 Å². The van der Waals surface area contributed by atoms with Crippen LogP contribution in [0.1, 0.15) is 63.8 Å². The van der Waals surface area contributed by atoms with Gasteiger partial charge in [0.1, 0.15) is 0 Å². The second-order valence-corrected chi connectivity index (χ2v) is 7.18. The van der Waals surface area contributed by atoms with E-state index in [1.54, 1.807) is 0 Å². The molecule has 1 aromatic rings. The highest BCUT2D eigenvalue weighted by Gasteiger charge is 2.41. The number of aromatic nitrogens is 2. The van der Waals surface area contributed by atoms with Gasteiger partial charge >= 0.3 is 0 Å². The molecule has 2 fully saturated rings. The molecule has 3 nitrogen and oxygen atoms in total. The zero-order valence-electron chi connectivity index (χ0n) is 13.2. The molecule has 0 saturated heterocycles. The second kappa shape index (κ2) is 5.34. The van der Waals surface area contributed by atoms with Gasteiger partial charge < -0.3 is 5.32 Å². The van der Waals surface area contributed by atoms with E-state index in [1.807, 2.05) is 0 Å². The molecule has 0 aromatic carbocycles. The van der Waals surface area contributed by atoms with Gasteiger partial charge in [-0.3, -0.25) is 0 Å². The maximum Gasteiger partial charge on any atom is 0.223 e. The molecule has 2 saturated carbocycles. The Labute approximate surface area is 122 Å². The largest absolute Gasteiger partial charge is 0.351 e. The first-order valence-corrected chi connectivity index (χ1v) is 8.15. The number of fused-ring (bicyclic) bond motifs is 2. The molecule has 2 aliphatic carbocycles. The summed E-state index contributed by atoms with van der Waals surface area (Å²) in [5, 5.41) is 3.58. The fraction of sp³-hybridized carbons (Fsp3) is 0.765. The van der Waals surface area contributed by atoms with Crippen LogP contribution in [-0.2, 0) is 0 Å². The summed E-state index contributed by atoms with van der Waals surface area (Å²) in [6.07, 6.45) is 5.77. The van der Waals surface area contributed by atoms with Crippen LogP contribution in [0.5, 0.6) is 0 Å². The van der Waals surface area contributed by atoms with Crippen LogP contribution in [0.25, 0.3) is 0 Å². The number of hydrogen-bond acceptors (Lipinski definition) is 3. The lowest BCUT2D eigenvalue weighted by Gasteiger charge is -2.28. The number of anilines is 1. The molecular formula is C17H27N3. The van der Waals surface area contributed by atoms with Gasteiger partial charge in [0.05, 0.1) is 0 Å². The summed E-state index contributed by atoms with van der Waals surface area (Å²) in [4.78, 5) is 9.25. The van der Waals surface area contributed by atoms with E-state index in [2.05, 4.69) is 49.0 Å². The number of rotatable bonds is 4. The highest BCUT2D eigenvalue weighted by molar-refractivity contribution is 5.30. The average Bonchev–Trinajstić information content (AvgIpc) is 3.00. The van der Waals surface area contributed by atoms with E-state index >= 15 is 0 Å². The third-order valence-electron chi connectivity index (χ3n) is 5.26. The Morgan fingerprint density at radius 2 is 1.95 bits per heavy atom. The minimum atomic E-state index is 0.454. The Balaban J connectivity index is 1.71. The lowest BCUT2D eigenvalue weighted by Crippen LogP contribution is -2.30. The van der Waals surface area contributed by atoms with E-state index in [0.29, 0.717) is 12.0 Å². The van der Waals surface area contributed by atoms with Crippen LogP contribution < -0.4 is 5.32 Å². The molecule has 0 aliphatic heterocycles. The van der Waals surface area contributed by atoms with Crippen LogP contribution in [0.15, 0.2) is 6.07 Å². The number of nitrogens with one attached hydrogen (secondary N) is 1. The minimum Gasteiger partial charge on any atom is -0.351 e. The van der Waals surface area contributed by atoms with Crippen LogP contribution in [-0.4, -0.2) is 16.0 Å². The van der Waals surface area contributed by atoms with Crippen molar-refractivity contribution in [3.05, 3.63) is 17.5 Å². The summed E-state index contributed by atoms with van der Waals surface area (Å²) in [6.45, 7) is 8.74. The van der Waals surface area contributed by atoms with Gasteiger partial charge in [0.25, 0.3) is 0 Å². The van der Waals surface area contributed by atoms with Gasteiger partial charge in [-0.25, -0.2) is 9.97 Å². The van der Waals surface area contributed by atoms with Crippen molar-refractivity contribution in [2.24, 2.45) is 17.8 Å². The summed E-state index contributed by atoms with van der Waals surface area (Å²) in [5.41, 5.74) is 2.20. The van der Waals surface area contributed by atoms with E-state index in [4.69, 9.17) is 0 Å². The summed E-state index contributed by atoms with van der Waals surface area (Å²) in [7, 11) is 0. The molecule has 0 spiro atoms. The summed E-state index contributed by atoms with van der Waals surface area (Å²) in [5.74, 6) is 4.04. The van der Waals surface area contributed by atoms with Gasteiger partial charge in [-0.2, -0.15) is 0 Å². The smallest absolute Gasteiger partial charge is 0.223 e. The maximum atomic E-state index is 4.68. The molecule has 1 heterocycles. The molecule has 3 rings (SSSR count). The maximum absolute atomic E-state index is 4.68. The predicted octanol–water partition coefficient (Wildman–Crippen LogP) is 4.15. The molecular weight excluding hydrogens is 246 g/mol. The van der Waals surface area contributed by atoms with Crippen molar-refractivity contribution in [1.82, 2.24) is 9.97 Å². The summed E-state index contributed by atoms with van der Waals surface area (Å²) < 4.78 is 0. The highest BCUT2D eigenvalue weighted by atomic mass is 15.1. The average molecular weight is 273 g/mol. The molecule has 110 valence electrons. The molecule has 1 aromatic heterocycles. The van der Waals surface area contributed by atoms with Crippen molar-refractivity contribution in [2.45, 2.75) is 65.3 Å². The molecule has 3 heteroatoms. The van der Waals surface area contributed by atoms with Crippen molar-refractivity contribution in [1.29, 1.82) is 0 Å². The molecule has 0 amide bonds. The first-order chi connectivity index (χ1) is 9.52. The van der Waals surface area contributed by atoms with Gasteiger partial charge in [0.2, 0.25) is 5.95 Å². The van der Waals surface area contributed by atoms with E-state index in [-0.39, 0.29) is 0 Å². The SMILES string of the molecule is Cc1cc(C(C)C)nc(NC(C)C2CC3CCC2C3)n1. The predicted molar refractivity (Wildman–Crippen MR) is 82.9 cm³/mol. The van der Waals surface area contributed by atoms with Crippen LogP contribution in [0.3, 0.4) is 0 Å². The third kappa shape index (κ3) is 2.68. The Morgan fingerprint density at radius 1 is 1.15 bits per heavy atom. The van der Waals surface area contributed by atoms with E-state index < -0.39 is 0 Å². The van der Waals surface area contributed by atoms with Crippen LogP contribution in [0.2, 0.25) is 0 Å². The zero-order valence-corrected chi connectivity index (χ0v) is 13.2. The lowest BCUT2D eigenvalue weighted by atomic mass is 9.84. The van der Waals surface area contributed by atoms with Crippen molar-refractivity contribution in [2.75, 3.05) is 5.32 Å². The Morgan fingerprint density at radius 3 is 2.55 bits per heavy atom. The number of aryl methyl sites for hydroxylation is 1. The fourth-order valence-electron chi connectivity index (χ4n) is 4.17. The normalized spacial score (nSPS) is 29.9. The molecule has 20 heavy (non-hydrogen) atoms. The van der Waals surface area contributed by atoms with E-state index in [0.717, 1.165) is 35.1 Å². The van der Waals surface area contributed by atoms with Crippen molar-refractivity contribution >= 4 is 5.95 Å². The topological polar surface area (TPSA) is 37.8 Å². The van der Waals surface area contributed by atoms with Crippen LogP contribution >= 0.6 is 0 Å². The van der Waals surface area contributed by atoms with Gasteiger partial charge in [0.15, 0.2) is 0 Å². The molecule has 2 bridgehead atoms. The third-order valence-corrected chi connectivity index (χ3v) is 5.26. The quantitative estimate of drug-likeness (QED) is 0.895. The first kappa shape index (κ1) is 13.8. The number of hydrogen-bond donors (Lipinski definition) is 1. The van der Waals surface area contributed by atoms with Crippen molar-refractivity contribution in [3.63, 3.8) is 0 Å². The monoisotopic (exact) mass is 273 g/mol. The van der Waals surface area contributed by atoms with Gasteiger partial charge in [-0.1, -0.05) is 20.3 Å². The van der Waals surface area contributed by atoms with E-state index in [1.165, 1.54) is 25.7 Å². The Kier molecular flexibility index (Phi) is 3.70. The Bertz CT molecular complexity index is 483. The lowest BCUT2D eigenvalue weighted by molar-refractivity contribution is 0.303. The molecule has 2 aliphatic rings. The van der Waals surface area contributed by atoms with Crippen LogP contribution in [0.4, 0.5) is 5.95 Å². The van der Waals surface area contributed by atoms with Crippen LogP contribution in [0, 0.1) is 24.7 Å².